The number of sulfonamides is 1. The van der Waals surface area contributed by atoms with Gasteiger partial charge >= 0.3 is 6.09 Å². The number of amides is 3. The van der Waals surface area contributed by atoms with Crippen molar-refractivity contribution in [3.63, 3.8) is 0 Å². The lowest BCUT2D eigenvalue weighted by atomic mass is 10.0. The van der Waals surface area contributed by atoms with Crippen LogP contribution in [0.3, 0.4) is 0 Å². The molecule has 0 aromatic carbocycles. The van der Waals surface area contributed by atoms with Gasteiger partial charge in [0.1, 0.15) is 15.3 Å². The van der Waals surface area contributed by atoms with Crippen LogP contribution >= 0.6 is 34.3 Å². The maximum absolute atomic E-state index is 13.0. The second-order valence-corrected chi connectivity index (χ2v) is 11.0. The smallest absolute Gasteiger partial charge is 0.413 e. The summed E-state index contributed by atoms with van der Waals surface area (Å²) in [5, 5.41) is 6.43. The molecule has 2 N–H and O–H groups in total. The van der Waals surface area contributed by atoms with Gasteiger partial charge in [0.2, 0.25) is 5.91 Å². The third-order valence-corrected chi connectivity index (χ3v) is 8.85. The molecule has 0 radical (unpaired) electrons. The number of carbonyl (C=O) groups excluding carboxylic acids is 3. The lowest BCUT2D eigenvalue weighted by Gasteiger charge is -2.33. The first-order valence-corrected chi connectivity index (χ1v) is 12.3. The van der Waals surface area contributed by atoms with Gasteiger partial charge in [-0.1, -0.05) is 18.0 Å². The molecule has 1 fully saturated rings. The van der Waals surface area contributed by atoms with E-state index < -0.39 is 34.0 Å². The molecule has 0 bridgehead atoms. The summed E-state index contributed by atoms with van der Waals surface area (Å²) in [5.74, 6) is -1.28. The van der Waals surface area contributed by atoms with Gasteiger partial charge in [-0.3, -0.25) is 14.9 Å². The average Bonchev–Trinajstić information content (AvgIpc) is 3.37. The molecule has 3 rings (SSSR count). The van der Waals surface area contributed by atoms with Crippen LogP contribution in [0.5, 0.6) is 0 Å². The van der Waals surface area contributed by atoms with Gasteiger partial charge in [0.25, 0.3) is 15.9 Å². The van der Waals surface area contributed by atoms with E-state index in [1.54, 1.807) is 5.38 Å². The second-order valence-electron chi connectivity index (χ2n) is 6.28. The monoisotopic (exact) mass is 491 g/mol. The fourth-order valence-corrected chi connectivity index (χ4v) is 7.05. The van der Waals surface area contributed by atoms with Crippen LogP contribution in [-0.4, -0.2) is 50.3 Å². The van der Waals surface area contributed by atoms with Gasteiger partial charge in [0.15, 0.2) is 0 Å². The average molecular weight is 492 g/mol. The molecule has 3 amide bonds. The lowest BCUT2D eigenvalue weighted by molar-refractivity contribution is -0.120. The molecule has 2 aromatic rings. The summed E-state index contributed by atoms with van der Waals surface area (Å²) in [7, 11) is -2.77. The van der Waals surface area contributed by atoms with E-state index >= 15 is 0 Å². The molecule has 30 heavy (non-hydrogen) atoms. The molecule has 9 nitrogen and oxygen atoms in total. The molecule has 1 saturated heterocycles. The molecular formula is C17H18ClN3O6S3. The van der Waals surface area contributed by atoms with Gasteiger partial charge in [-0.25, -0.2) is 13.2 Å². The first kappa shape index (κ1) is 22.7. The van der Waals surface area contributed by atoms with Crippen molar-refractivity contribution in [2.45, 2.75) is 29.5 Å². The maximum Gasteiger partial charge on any atom is 0.413 e. The van der Waals surface area contributed by atoms with Crippen LogP contribution in [0.4, 0.5) is 9.80 Å². The number of carbonyl (C=O) groups is 3. The van der Waals surface area contributed by atoms with Crippen LogP contribution in [-0.2, 0) is 19.6 Å². The van der Waals surface area contributed by atoms with E-state index in [2.05, 4.69) is 10.1 Å². The Kier molecular flexibility index (Phi) is 7.14. The summed E-state index contributed by atoms with van der Waals surface area (Å²) in [6.45, 7) is 0.204. The molecule has 162 valence electrons. The van der Waals surface area contributed by atoms with Gasteiger partial charge in [0, 0.05) is 6.54 Å². The number of hydrogen-bond acceptors (Lipinski definition) is 8. The number of imide groups is 1. The summed E-state index contributed by atoms with van der Waals surface area (Å²) < 4.78 is 32.0. The van der Waals surface area contributed by atoms with E-state index in [1.165, 1.54) is 22.5 Å². The predicted molar refractivity (Wildman–Crippen MR) is 114 cm³/mol. The molecule has 1 aliphatic rings. The zero-order valence-electron chi connectivity index (χ0n) is 15.7. The van der Waals surface area contributed by atoms with Crippen LogP contribution in [0.25, 0.3) is 0 Å². The van der Waals surface area contributed by atoms with Crippen LogP contribution in [0.2, 0.25) is 4.34 Å². The van der Waals surface area contributed by atoms with Crippen molar-refractivity contribution >= 4 is 67.2 Å². The highest BCUT2D eigenvalue weighted by Crippen LogP contribution is 2.32. The van der Waals surface area contributed by atoms with Gasteiger partial charge in [-0.15, -0.1) is 22.7 Å². The Morgan fingerprint density at radius 1 is 1.23 bits per heavy atom. The predicted octanol–water partition coefficient (Wildman–Crippen LogP) is 3.14. The van der Waals surface area contributed by atoms with E-state index in [-0.39, 0.29) is 21.3 Å². The van der Waals surface area contributed by atoms with Crippen molar-refractivity contribution in [2.24, 2.45) is 0 Å². The Morgan fingerprint density at radius 2 is 2.00 bits per heavy atom. The Balaban J connectivity index is 1.80. The van der Waals surface area contributed by atoms with Crippen molar-refractivity contribution in [1.29, 1.82) is 0 Å². The Hall–Kier alpha value is -1.99. The fourth-order valence-electron chi connectivity index (χ4n) is 3.00. The minimum atomic E-state index is -3.89. The third-order valence-electron chi connectivity index (χ3n) is 4.42. The van der Waals surface area contributed by atoms with Crippen LogP contribution in [0.15, 0.2) is 27.8 Å². The second kappa shape index (κ2) is 9.43. The summed E-state index contributed by atoms with van der Waals surface area (Å²) in [6, 6.07) is 3.43. The first-order chi connectivity index (χ1) is 14.2. The number of rotatable bonds is 5. The van der Waals surface area contributed by atoms with E-state index in [1.807, 2.05) is 5.32 Å². The van der Waals surface area contributed by atoms with E-state index in [9.17, 15) is 22.8 Å². The van der Waals surface area contributed by atoms with Gasteiger partial charge in [-0.05, 0) is 36.4 Å². The molecule has 2 aromatic heterocycles. The molecule has 1 unspecified atom stereocenters. The Labute approximate surface area is 186 Å². The summed E-state index contributed by atoms with van der Waals surface area (Å²) in [5.41, 5.74) is 0.0778. The highest BCUT2D eigenvalue weighted by Gasteiger charge is 2.38. The lowest BCUT2D eigenvalue weighted by Crippen LogP contribution is -2.49. The first-order valence-electron chi connectivity index (χ1n) is 8.79. The Bertz CT molecular complexity index is 1060. The number of methoxy groups -OCH3 is 1. The normalized spacial score (nSPS) is 17.3. The number of nitrogens with zero attached hydrogens (tertiary/aromatic N) is 1. The highest BCUT2D eigenvalue weighted by atomic mass is 35.5. The number of thiophene rings is 2. The third kappa shape index (κ3) is 4.83. The quantitative estimate of drug-likeness (QED) is 0.662. The number of piperidine rings is 1. The fraction of sp³-hybridized carbons (Fsp3) is 0.353. The number of hydrogen-bond donors (Lipinski definition) is 2. The molecule has 3 heterocycles. The largest absolute Gasteiger partial charge is 0.453 e. The van der Waals surface area contributed by atoms with Crippen molar-refractivity contribution in [2.75, 3.05) is 19.0 Å². The topological polar surface area (TPSA) is 122 Å². The Morgan fingerprint density at radius 3 is 2.67 bits per heavy atom. The van der Waals surface area contributed by atoms with Crippen molar-refractivity contribution < 1.29 is 27.5 Å². The number of nitrogens with one attached hydrogen (secondary N) is 2. The van der Waals surface area contributed by atoms with Crippen LogP contribution in [0, 0.1) is 0 Å². The summed E-state index contributed by atoms with van der Waals surface area (Å²) in [6.07, 6.45) is 0.741. The van der Waals surface area contributed by atoms with Gasteiger partial charge < -0.3 is 10.1 Å². The molecule has 0 spiro atoms. The molecule has 0 aliphatic carbocycles. The van der Waals surface area contributed by atoms with Crippen LogP contribution < -0.4 is 10.6 Å². The highest BCUT2D eigenvalue weighted by molar-refractivity contribution is 7.91. The number of halogens is 1. The van der Waals surface area contributed by atoms with Gasteiger partial charge in [-0.2, -0.15) is 4.31 Å². The number of alkyl carbamates (subject to hydrolysis) is 1. The molecule has 0 saturated carbocycles. The maximum atomic E-state index is 13.0. The molecule has 1 aliphatic heterocycles. The van der Waals surface area contributed by atoms with Gasteiger partial charge in [0.05, 0.1) is 17.0 Å². The minimum absolute atomic E-state index is 0.0708. The van der Waals surface area contributed by atoms with Crippen LogP contribution in [0.1, 0.15) is 29.6 Å². The van der Waals surface area contributed by atoms with Crippen molar-refractivity contribution in [1.82, 2.24) is 9.62 Å². The minimum Gasteiger partial charge on any atom is -0.453 e. The zero-order valence-corrected chi connectivity index (χ0v) is 18.9. The molecule has 13 heteroatoms. The number of anilines is 1. The SMILES string of the molecule is COC(=O)NC(=O)c1ccsc1NC(=O)C1CCCCN1S(=O)(=O)c1ccc(Cl)s1. The molecular weight excluding hydrogens is 474 g/mol. The zero-order chi connectivity index (χ0) is 21.9. The molecule has 1 atom stereocenters. The standard InChI is InChI=1S/C17H18ClN3O6S3/c1-27-17(24)20-14(22)10-7-9-28-16(10)19-15(23)11-4-2-3-8-21(11)30(25,26)13-6-5-12(18)29-13/h5-7,9,11H,2-4,8H2,1H3,(H,19,23)(H,20,22,24). The van der Waals surface area contributed by atoms with Crippen molar-refractivity contribution in [3.05, 3.63) is 33.5 Å². The summed E-state index contributed by atoms with van der Waals surface area (Å²) >= 11 is 7.90. The van der Waals surface area contributed by atoms with E-state index in [0.717, 1.165) is 29.8 Å². The van der Waals surface area contributed by atoms with E-state index in [0.29, 0.717) is 23.6 Å². The van der Waals surface area contributed by atoms with E-state index in [4.69, 9.17) is 11.6 Å². The summed E-state index contributed by atoms with van der Waals surface area (Å²) in [4.78, 5) is 36.4. The van der Waals surface area contributed by atoms with Crippen molar-refractivity contribution in [3.8, 4) is 0 Å². The number of ether oxygens (including phenoxy) is 1.